The van der Waals surface area contributed by atoms with E-state index < -0.39 is 0 Å². The molecule has 2 N–H and O–H groups in total. The maximum atomic E-state index is 7.54. The molecule has 0 spiro atoms. The second-order valence-corrected chi connectivity index (χ2v) is 16.3. The first-order valence-corrected chi connectivity index (χ1v) is 20.3. The summed E-state index contributed by atoms with van der Waals surface area (Å²) in [5, 5.41) is 13.1. The molecule has 10 aromatic rings. The Balaban J connectivity index is 1.08. The van der Waals surface area contributed by atoms with Crippen LogP contribution in [0.1, 0.15) is 53.0 Å². The van der Waals surface area contributed by atoms with E-state index in [2.05, 4.69) is 177 Å². The maximum Gasteiger partial charge on any atom is 0.0507 e. The van der Waals surface area contributed by atoms with Gasteiger partial charge in [0.2, 0.25) is 0 Å². The number of allylic oxidation sites excluding steroid dienone is 2. The van der Waals surface area contributed by atoms with Crippen LogP contribution >= 0.6 is 11.3 Å². The van der Waals surface area contributed by atoms with E-state index in [1.807, 2.05) is 11.3 Å². The summed E-state index contributed by atoms with van der Waals surface area (Å²) in [6.07, 6.45) is 4.11. The number of benzene rings is 9. The third-order valence-corrected chi connectivity index (χ3v) is 13.5. The molecule has 2 heteroatoms. The van der Waals surface area contributed by atoms with Gasteiger partial charge in [-0.15, -0.1) is 11.3 Å². The molecule has 0 bridgehead atoms. The van der Waals surface area contributed by atoms with Crippen LogP contribution < -0.4 is 5.73 Å². The number of rotatable bonds is 6. The molecular weight excluding hydrogens is 683 g/mol. The van der Waals surface area contributed by atoms with Gasteiger partial charge in [0.1, 0.15) is 0 Å². The quantitative estimate of drug-likeness (QED) is 0.182. The van der Waals surface area contributed by atoms with E-state index in [1.165, 1.54) is 102 Å². The fraction of sp³-hybridized carbons (Fsp3) is 0.0943. The Kier molecular flexibility index (Phi) is 7.44. The van der Waals surface area contributed by atoms with Crippen LogP contribution in [0.3, 0.4) is 0 Å². The van der Waals surface area contributed by atoms with Crippen molar-refractivity contribution in [3.8, 4) is 11.1 Å². The third kappa shape index (κ3) is 4.91. The van der Waals surface area contributed by atoms with E-state index in [0.717, 1.165) is 18.5 Å². The molecule has 0 saturated heterocycles. The lowest BCUT2D eigenvalue weighted by atomic mass is 9.83. The van der Waals surface area contributed by atoms with E-state index >= 15 is 0 Å². The van der Waals surface area contributed by atoms with Gasteiger partial charge in [-0.1, -0.05) is 171 Å². The highest BCUT2D eigenvalue weighted by Gasteiger charge is 2.36. The Bertz CT molecular complexity index is 3190. The standard InChI is InChI=1S/C53H39NS/c1-32(36-24-12-17-33-14-2-5-18-38(33)36)37-30-28-34-15-3-6-19-39(34)41(37)25-13-26-46(54)51-48-40-20-7-4-16-35(40)29-31-45(48)49-42-21-8-9-22-43(42)53-50(52(49)51)44-23-10-11-27-47(44)55-53/h2-12,14-24,26-32,51H,13,25,54H2,1H3/b46-26-. The monoisotopic (exact) mass is 721 g/mol. The van der Waals surface area contributed by atoms with Crippen LogP contribution in [0.5, 0.6) is 0 Å². The highest BCUT2D eigenvalue weighted by atomic mass is 32.1. The molecule has 55 heavy (non-hydrogen) atoms. The van der Waals surface area contributed by atoms with Gasteiger partial charge in [-0.25, -0.2) is 0 Å². The molecule has 0 radical (unpaired) electrons. The van der Waals surface area contributed by atoms with Gasteiger partial charge in [-0.2, -0.15) is 0 Å². The van der Waals surface area contributed by atoms with Crippen molar-refractivity contribution in [3.05, 3.63) is 203 Å². The minimum atomic E-state index is -0.0530. The smallest absolute Gasteiger partial charge is 0.0507 e. The predicted octanol–water partition coefficient (Wildman–Crippen LogP) is 14.4. The van der Waals surface area contributed by atoms with Gasteiger partial charge in [0.15, 0.2) is 0 Å². The van der Waals surface area contributed by atoms with E-state index in [-0.39, 0.29) is 11.8 Å². The average Bonchev–Trinajstić information content (AvgIpc) is 3.80. The normalized spacial score (nSPS) is 14.7. The van der Waals surface area contributed by atoms with Crippen LogP contribution in [0.25, 0.3) is 74.4 Å². The van der Waals surface area contributed by atoms with Crippen LogP contribution in [-0.4, -0.2) is 0 Å². The zero-order valence-corrected chi connectivity index (χ0v) is 31.5. The lowest BCUT2D eigenvalue weighted by molar-refractivity contribution is 0.878. The van der Waals surface area contributed by atoms with Gasteiger partial charge >= 0.3 is 0 Å². The predicted molar refractivity (Wildman–Crippen MR) is 238 cm³/mol. The summed E-state index contributed by atoms with van der Waals surface area (Å²) in [5.74, 6) is 0.184. The summed E-state index contributed by atoms with van der Waals surface area (Å²) in [5.41, 5.74) is 18.0. The molecule has 2 unspecified atom stereocenters. The number of nitrogens with two attached hydrogens (primary N) is 1. The zero-order valence-electron chi connectivity index (χ0n) is 30.7. The maximum absolute atomic E-state index is 7.54. The summed E-state index contributed by atoms with van der Waals surface area (Å²) in [6, 6.07) is 60.5. The summed E-state index contributed by atoms with van der Waals surface area (Å²) in [6.45, 7) is 2.37. The van der Waals surface area contributed by atoms with Gasteiger partial charge in [-0.05, 0) is 95.6 Å². The topological polar surface area (TPSA) is 26.0 Å². The zero-order chi connectivity index (χ0) is 36.6. The summed E-state index contributed by atoms with van der Waals surface area (Å²) in [4.78, 5) is 0. The van der Waals surface area contributed by atoms with Crippen molar-refractivity contribution in [1.29, 1.82) is 0 Å². The Labute approximate surface area is 325 Å². The first-order chi connectivity index (χ1) is 27.2. The Morgan fingerprint density at radius 1 is 0.564 bits per heavy atom. The van der Waals surface area contributed by atoms with E-state index in [9.17, 15) is 0 Å². The molecule has 1 heterocycles. The van der Waals surface area contributed by atoms with Crippen molar-refractivity contribution in [2.45, 2.75) is 31.6 Å². The van der Waals surface area contributed by atoms with Crippen molar-refractivity contribution < 1.29 is 0 Å². The first-order valence-electron chi connectivity index (χ1n) is 19.5. The number of hydrogen-bond acceptors (Lipinski definition) is 2. The van der Waals surface area contributed by atoms with E-state index in [4.69, 9.17) is 5.73 Å². The van der Waals surface area contributed by atoms with Gasteiger partial charge in [0.25, 0.3) is 0 Å². The average molecular weight is 722 g/mol. The molecule has 262 valence electrons. The molecule has 0 aliphatic heterocycles. The number of aryl methyl sites for hydroxylation is 1. The molecule has 2 atom stereocenters. The highest BCUT2D eigenvalue weighted by Crippen LogP contribution is 2.57. The minimum Gasteiger partial charge on any atom is -0.402 e. The van der Waals surface area contributed by atoms with Crippen molar-refractivity contribution in [2.75, 3.05) is 0 Å². The van der Waals surface area contributed by atoms with Crippen molar-refractivity contribution in [2.24, 2.45) is 5.73 Å². The largest absolute Gasteiger partial charge is 0.402 e. The number of thiophene rings is 1. The summed E-state index contributed by atoms with van der Waals surface area (Å²) in [7, 11) is 0. The molecule has 0 amide bonds. The van der Waals surface area contributed by atoms with Crippen LogP contribution in [-0.2, 0) is 6.42 Å². The molecule has 1 aromatic heterocycles. The Morgan fingerprint density at radius 3 is 1.96 bits per heavy atom. The van der Waals surface area contributed by atoms with Crippen molar-refractivity contribution >= 4 is 74.6 Å². The van der Waals surface area contributed by atoms with Crippen molar-refractivity contribution in [3.63, 3.8) is 0 Å². The van der Waals surface area contributed by atoms with E-state index in [1.54, 1.807) is 0 Å². The molecule has 11 rings (SSSR count). The molecule has 9 aromatic carbocycles. The minimum absolute atomic E-state index is 0.0530. The molecule has 0 fully saturated rings. The van der Waals surface area contributed by atoms with Gasteiger partial charge in [-0.3, -0.25) is 0 Å². The van der Waals surface area contributed by atoms with Crippen LogP contribution in [0.4, 0.5) is 0 Å². The SMILES string of the molecule is CC(c1ccc2ccccc2c1CC/C=C(\N)C1c2c(ccc3ccccc23)-c2c1c1c3ccccc3sc1c1ccccc21)c1cccc2ccccc12. The number of hydrogen-bond donors (Lipinski definition) is 1. The van der Waals surface area contributed by atoms with Gasteiger partial charge < -0.3 is 5.73 Å². The van der Waals surface area contributed by atoms with Gasteiger partial charge in [0.05, 0.1) is 5.92 Å². The molecule has 1 aliphatic carbocycles. The number of fused-ring (bicyclic) bond motifs is 14. The summed E-state index contributed by atoms with van der Waals surface area (Å²) < 4.78 is 2.68. The van der Waals surface area contributed by atoms with Crippen molar-refractivity contribution in [1.82, 2.24) is 0 Å². The lowest BCUT2D eigenvalue weighted by Gasteiger charge is -2.21. The molecular formula is C53H39NS. The Morgan fingerprint density at radius 2 is 1.16 bits per heavy atom. The van der Waals surface area contributed by atoms with E-state index in [0.29, 0.717) is 0 Å². The highest BCUT2D eigenvalue weighted by molar-refractivity contribution is 7.26. The molecule has 0 saturated carbocycles. The summed E-state index contributed by atoms with van der Waals surface area (Å²) >= 11 is 1.91. The third-order valence-electron chi connectivity index (χ3n) is 12.3. The van der Waals surface area contributed by atoms with Gasteiger partial charge in [0, 0.05) is 37.2 Å². The first kappa shape index (κ1) is 32.2. The molecule has 1 aliphatic rings. The second kappa shape index (κ2) is 12.7. The second-order valence-electron chi connectivity index (χ2n) is 15.2. The lowest BCUT2D eigenvalue weighted by Crippen LogP contribution is -2.11. The fourth-order valence-corrected chi connectivity index (χ4v) is 11.1. The Hall–Kier alpha value is -6.22. The molecule has 1 nitrogen and oxygen atoms in total. The fourth-order valence-electron chi connectivity index (χ4n) is 9.89. The van der Waals surface area contributed by atoms with Crippen LogP contribution in [0.15, 0.2) is 176 Å². The van der Waals surface area contributed by atoms with Crippen LogP contribution in [0, 0.1) is 0 Å². The van der Waals surface area contributed by atoms with Crippen LogP contribution in [0.2, 0.25) is 0 Å².